The van der Waals surface area contributed by atoms with E-state index in [1.54, 1.807) is 35.3 Å². The highest BCUT2D eigenvalue weighted by molar-refractivity contribution is 6.33. The van der Waals surface area contributed by atoms with Crippen LogP contribution in [-0.4, -0.2) is 15.7 Å². The average Bonchev–Trinajstić information content (AvgIpc) is 3.21. The van der Waals surface area contributed by atoms with Crippen molar-refractivity contribution in [3.63, 3.8) is 0 Å². The second kappa shape index (κ2) is 9.45. The first kappa shape index (κ1) is 20.6. The van der Waals surface area contributed by atoms with Crippen molar-refractivity contribution in [1.82, 2.24) is 9.78 Å². The monoisotopic (exact) mass is 434 g/mol. The molecular formula is C24H20ClFN4O. The Bertz CT molecular complexity index is 1190. The zero-order valence-corrected chi connectivity index (χ0v) is 17.3. The van der Waals surface area contributed by atoms with Crippen molar-refractivity contribution < 1.29 is 9.18 Å². The SMILES string of the molecule is O=C(Nc1cnn(Cc2ccc(F)cc2)c1)c1cccc(CNc2ccccc2Cl)c1. The van der Waals surface area contributed by atoms with E-state index in [9.17, 15) is 9.18 Å². The van der Waals surface area contributed by atoms with E-state index in [1.807, 2.05) is 42.5 Å². The molecular weight excluding hydrogens is 415 g/mol. The molecule has 1 aromatic heterocycles. The van der Waals surface area contributed by atoms with Gasteiger partial charge in [-0.05, 0) is 47.5 Å². The van der Waals surface area contributed by atoms with E-state index < -0.39 is 0 Å². The maximum Gasteiger partial charge on any atom is 0.255 e. The van der Waals surface area contributed by atoms with Crippen molar-refractivity contribution in [3.05, 3.63) is 113 Å². The van der Waals surface area contributed by atoms with Crippen LogP contribution in [-0.2, 0) is 13.1 Å². The summed E-state index contributed by atoms with van der Waals surface area (Å²) < 4.78 is 14.7. The molecule has 156 valence electrons. The number of carbonyl (C=O) groups excluding carboxylic acids is 1. The van der Waals surface area contributed by atoms with Gasteiger partial charge in [0, 0.05) is 18.3 Å². The van der Waals surface area contributed by atoms with Gasteiger partial charge in [-0.15, -0.1) is 0 Å². The maximum atomic E-state index is 13.0. The van der Waals surface area contributed by atoms with Gasteiger partial charge in [-0.1, -0.05) is 48.0 Å². The van der Waals surface area contributed by atoms with Crippen LogP contribution in [0.3, 0.4) is 0 Å². The molecule has 2 N–H and O–H groups in total. The fourth-order valence-electron chi connectivity index (χ4n) is 3.12. The predicted octanol–water partition coefficient (Wildman–Crippen LogP) is 5.59. The lowest BCUT2D eigenvalue weighted by Crippen LogP contribution is -2.12. The molecule has 3 aromatic carbocycles. The number of amides is 1. The smallest absolute Gasteiger partial charge is 0.255 e. The van der Waals surface area contributed by atoms with Crippen molar-refractivity contribution in [3.8, 4) is 0 Å². The second-order valence-electron chi connectivity index (χ2n) is 7.04. The number of halogens is 2. The third kappa shape index (κ3) is 5.49. The summed E-state index contributed by atoms with van der Waals surface area (Å²) in [5.41, 5.74) is 3.85. The van der Waals surface area contributed by atoms with Crippen LogP contribution in [0.15, 0.2) is 85.2 Å². The van der Waals surface area contributed by atoms with Crippen molar-refractivity contribution >= 4 is 28.9 Å². The molecule has 0 aliphatic rings. The van der Waals surface area contributed by atoms with Gasteiger partial charge in [0.1, 0.15) is 5.82 Å². The van der Waals surface area contributed by atoms with E-state index in [4.69, 9.17) is 11.6 Å². The molecule has 0 atom stereocenters. The summed E-state index contributed by atoms with van der Waals surface area (Å²) >= 11 is 6.17. The Morgan fingerprint density at radius 3 is 2.61 bits per heavy atom. The first-order valence-corrected chi connectivity index (χ1v) is 10.1. The first-order chi connectivity index (χ1) is 15.1. The molecule has 1 amide bonds. The van der Waals surface area contributed by atoms with E-state index >= 15 is 0 Å². The van der Waals surface area contributed by atoms with Crippen LogP contribution in [0.4, 0.5) is 15.8 Å². The standard InChI is InChI=1S/C24H20ClFN4O/c25-22-6-1-2-7-23(22)27-13-18-4-3-5-19(12-18)24(31)29-21-14-28-30(16-21)15-17-8-10-20(26)11-9-17/h1-12,14,16,27H,13,15H2,(H,29,31). The topological polar surface area (TPSA) is 59.0 Å². The maximum absolute atomic E-state index is 13.0. The summed E-state index contributed by atoms with van der Waals surface area (Å²) in [6, 6.07) is 21.1. The molecule has 31 heavy (non-hydrogen) atoms. The number of nitrogens with zero attached hydrogens (tertiary/aromatic N) is 2. The molecule has 0 spiro atoms. The molecule has 4 rings (SSSR count). The minimum absolute atomic E-state index is 0.221. The Morgan fingerprint density at radius 2 is 1.81 bits per heavy atom. The third-order valence-electron chi connectivity index (χ3n) is 4.69. The molecule has 0 unspecified atom stereocenters. The summed E-state index contributed by atoms with van der Waals surface area (Å²) in [5.74, 6) is -0.498. The lowest BCUT2D eigenvalue weighted by molar-refractivity contribution is 0.102. The summed E-state index contributed by atoms with van der Waals surface area (Å²) in [6.07, 6.45) is 3.33. The molecule has 5 nitrogen and oxygen atoms in total. The van der Waals surface area contributed by atoms with Crippen LogP contribution in [0.2, 0.25) is 5.02 Å². The van der Waals surface area contributed by atoms with E-state index in [1.165, 1.54) is 12.1 Å². The number of benzene rings is 3. The highest BCUT2D eigenvalue weighted by Gasteiger charge is 2.09. The number of aromatic nitrogens is 2. The molecule has 0 saturated heterocycles. The van der Waals surface area contributed by atoms with E-state index in [0.29, 0.717) is 29.4 Å². The number of hydrogen-bond donors (Lipinski definition) is 2. The third-order valence-corrected chi connectivity index (χ3v) is 5.02. The molecule has 4 aromatic rings. The number of anilines is 2. The fraction of sp³-hybridized carbons (Fsp3) is 0.0833. The van der Waals surface area contributed by atoms with Gasteiger partial charge in [-0.25, -0.2) is 4.39 Å². The largest absolute Gasteiger partial charge is 0.380 e. The highest BCUT2D eigenvalue weighted by atomic mass is 35.5. The second-order valence-corrected chi connectivity index (χ2v) is 7.45. The Balaban J connectivity index is 1.37. The number of hydrogen-bond acceptors (Lipinski definition) is 3. The molecule has 0 radical (unpaired) electrons. The summed E-state index contributed by atoms with van der Waals surface area (Å²) in [5, 5.41) is 11.0. The molecule has 7 heteroatoms. The van der Waals surface area contributed by atoms with E-state index in [0.717, 1.165) is 16.8 Å². The molecule has 0 aliphatic heterocycles. The van der Waals surface area contributed by atoms with Gasteiger partial charge in [0.2, 0.25) is 0 Å². The van der Waals surface area contributed by atoms with Gasteiger partial charge in [0.05, 0.1) is 29.1 Å². The van der Waals surface area contributed by atoms with Crippen molar-refractivity contribution in [2.75, 3.05) is 10.6 Å². The fourth-order valence-corrected chi connectivity index (χ4v) is 3.32. The van der Waals surface area contributed by atoms with Crippen LogP contribution >= 0.6 is 11.6 Å². The molecule has 1 heterocycles. The van der Waals surface area contributed by atoms with Crippen molar-refractivity contribution in [1.29, 1.82) is 0 Å². The van der Waals surface area contributed by atoms with Gasteiger partial charge >= 0.3 is 0 Å². The predicted molar refractivity (Wildman–Crippen MR) is 121 cm³/mol. The van der Waals surface area contributed by atoms with E-state index in [-0.39, 0.29) is 11.7 Å². The van der Waals surface area contributed by atoms with Gasteiger partial charge in [-0.3, -0.25) is 9.48 Å². The lowest BCUT2D eigenvalue weighted by Gasteiger charge is -2.09. The lowest BCUT2D eigenvalue weighted by atomic mass is 10.1. The van der Waals surface area contributed by atoms with Crippen LogP contribution in [0.5, 0.6) is 0 Å². The van der Waals surface area contributed by atoms with Gasteiger partial charge < -0.3 is 10.6 Å². The Morgan fingerprint density at radius 1 is 1.00 bits per heavy atom. The average molecular weight is 435 g/mol. The Labute approximate surface area is 184 Å². The van der Waals surface area contributed by atoms with Crippen LogP contribution in [0.25, 0.3) is 0 Å². The molecule has 0 fully saturated rings. The number of rotatable bonds is 7. The summed E-state index contributed by atoms with van der Waals surface area (Å²) in [6.45, 7) is 1.03. The molecule has 0 saturated carbocycles. The normalized spacial score (nSPS) is 10.6. The van der Waals surface area contributed by atoms with Crippen molar-refractivity contribution in [2.24, 2.45) is 0 Å². The molecule has 0 aliphatic carbocycles. The Hall–Kier alpha value is -3.64. The number of carbonyl (C=O) groups is 1. The Kier molecular flexibility index (Phi) is 6.29. The highest BCUT2D eigenvalue weighted by Crippen LogP contribution is 2.21. The first-order valence-electron chi connectivity index (χ1n) is 9.72. The zero-order valence-electron chi connectivity index (χ0n) is 16.6. The number of para-hydroxylation sites is 1. The minimum atomic E-state index is -0.276. The minimum Gasteiger partial charge on any atom is -0.380 e. The van der Waals surface area contributed by atoms with Crippen LogP contribution < -0.4 is 10.6 Å². The van der Waals surface area contributed by atoms with Crippen LogP contribution in [0, 0.1) is 5.82 Å². The van der Waals surface area contributed by atoms with Gasteiger partial charge in [0.25, 0.3) is 5.91 Å². The quantitative estimate of drug-likeness (QED) is 0.398. The van der Waals surface area contributed by atoms with Gasteiger partial charge in [-0.2, -0.15) is 5.10 Å². The summed E-state index contributed by atoms with van der Waals surface area (Å²) in [4.78, 5) is 12.7. The zero-order chi connectivity index (χ0) is 21.6. The summed E-state index contributed by atoms with van der Waals surface area (Å²) in [7, 11) is 0. The van der Waals surface area contributed by atoms with E-state index in [2.05, 4.69) is 15.7 Å². The van der Waals surface area contributed by atoms with Crippen molar-refractivity contribution in [2.45, 2.75) is 13.1 Å². The van der Waals surface area contributed by atoms with Gasteiger partial charge in [0.15, 0.2) is 0 Å². The number of nitrogens with one attached hydrogen (secondary N) is 2. The van der Waals surface area contributed by atoms with Crippen LogP contribution in [0.1, 0.15) is 21.5 Å². The molecule has 0 bridgehead atoms.